The van der Waals surface area contributed by atoms with Crippen molar-refractivity contribution in [2.45, 2.75) is 13.5 Å². The highest BCUT2D eigenvalue weighted by atomic mass is 19.1. The Kier molecular flexibility index (Phi) is 6.27. The van der Waals surface area contributed by atoms with Crippen LogP contribution in [0.5, 0.6) is 0 Å². The molecule has 1 aromatic heterocycles. The first-order chi connectivity index (χ1) is 15.0. The quantitative estimate of drug-likeness (QED) is 0.660. The van der Waals surface area contributed by atoms with Crippen molar-refractivity contribution in [1.82, 2.24) is 19.4 Å². The molecule has 31 heavy (non-hydrogen) atoms. The smallest absolute Gasteiger partial charge is 0.261 e. The molecular formula is C23H26FN5O2. The standard InChI is InChI=1S/C23H26FN5O2/c1-2-25-19-7-8-21-20(15-19)23(31)29(16-26-21)14-11-27-9-12-28(13-10-27)22(30)17-3-5-18(24)6-4-17/h3-8,15-16,25H,2,9-14H2,1H3. The van der Waals surface area contributed by atoms with Crippen LogP contribution in [-0.2, 0) is 6.54 Å². The van der Waals surface area contributed by atoms with Crippen LogP contribution in [0.15, 0.2) is 53.6 Å². The van der Waals surface area contributed by atoms with Crippen molar-refractivity contribution in [2.75, 3.05) is 44.6 Å². The van der Waals surface area contributed by atoms with Crippen LogP contribution in [0.4, 0.5) is 10.1 Å². The zero-order valence-corrected chi connectivity index (χ0v) is 17.6. The molecule has 1 N–H and O–H groups in total. The van der Waals surface area contributed by atoms with Crippen molar-refractivity contribution in [3.05, 3.63) is 70.5 Å². The van der Waals surface area contributed by atoms with Crippen LogP contribution in [0, 0.1) is 5.82 Å². The summed E-state index contributed by atoms with van der Waals surface area (Å²) in [7, 11) is 0. The molecule has 2 heterocycles. The second-order valence-corrected chi connectivity index (χ2v) is 7.65. The molecule has 0 saturated carbocycles. The van der Waals surface area contributed by atoms with Gasteiger partial charge in [-0.2, -0.15) is 0 Å². The number of benzene rings is 2. The van der Waals surface area contributed by atoms with Gasteiger partial charge in [0.2, 0.25) is 0 Å². The van der Waals surface area contributed by atoms with Gasteiger partial charge in [0.15, 0.2) is 0 Å². The van der Waals surface area contributed by atoms with Crippen molar-refractivity contribution >= 4 is 22.5 Å². The van der Waals surface area contributed by atoms with Gasteiger partial charge in [-0.05, 0) is 49.4 Å². The number of rotatable bonds is 6. The second kappa shape index (κ2) is 9.26. The Bertz CT molecular complexity index is 1120. The van der Waals surface area contributed by atoms with E-state index in [-0.39, 0.29) is 17.3 Å². The van der Waals surface area contributed by atoms with E-state index in [0.29, 0.717) is 42.6 Å². The van der Waals surface area contributed by atoms with Gasteiger partial charge in [0.25, 0.3) is 11.5 Å². The van der Waals surface area contributed by atoms with Gasteiger partial charge in [0, 0.05) is 57.1 Å². The van der Waals surface area contributed by atoms with Crippen LogP contribution in [0.1, 0.15) is 17.3 Å². The van der Waals surface area contributed by atoms with Crippen molar-refractivity contribution in [3.63, 3.8) is 0 Å². The average molecular weight is 423 g/mol. The predicted octanol–water partition coefficient (Wildman–Crippen LogP) is 2.43. The van der Waals surface area contributed by atoms with Crippen molar-refractivity contribution in [2.24, 2.45) is 0 Å². The number of amides is 1. The van der Waals surface area contributed by atoms with E-state index in [4.69, 9.17) is 0 Å². The number of piperazine rings is 1. The Morgan fingerprint density at radius 3 is 2.52 bits per heavy atom. The summed E-state index contributed by atoms with van der Waals surface area (Å²) in [6, 6.07) is 11.3. The third kappa shape index (κ3) is 4.74. The summed E-state index contributed by atoms with van der Waals surface area (Å²) in [6.07, 6.45) is 1.60. The predicted molar refractivity (Wildman–Crippen MR) is 119 cm³/mol. The molecule has 0 radical (unpaired) electrons. The molecule has 0 spiro atoms. The number of fused-ring (bicyclic) bond motifs is 1. The summed E-state index contributed by atoms with van der Waals surface area (Å²) < 4.78 is 14.7. The van der Waals surface area contributed by atoms with Crippen LogP contribution in [0.3, 0.4) is 0 Å². The lowest BCUT2D eigenvalue weighted by molar-refractivity contribution is 0.0633. The first-order valence-corrected chi connectivity index (χ1v) is 10.6. The topological polar surface area (TPSA) is 70.5 Å². The van der Waals surface area contributed by atoms with E-state index in [0.717, 1.165) is 25.3 Å². The van der Waals surface area contributed by atoms with E-state index in [9.17, 15) is 14.0 Å². The molecule has 1 amide bonds. The third-order valence-corrected chi connectivity index (χ3v) is 5.61. The molecule has 0 aliphatic carbocycles. The minimum absolute atomic E-state index is 0.0464. The molecule has 1 saturated heterocycles. The van der Waals surface area contributed by atoms with Gasteiger partial charge in [-0.3, -0.25) is 19.1 Å². The number of hydrogen-bond acceptors (Lipinski definition) is 5. The fraction of sp³-hybridized carbons (Fsp3) is 0.348. The molecule has 1 aliphatic heterocycles. The summed E-state index contributed by atoms with van der Waals surface area (Å²) >= 11 is 0. The molecule has 0 atom stereocenters. The maximum Gasteiger partial charge on any atom is 0.261 e. The maximum absolute atomic E-state index is 13.1. The summed E-state index contributed by atoms with van der Waals surface area (Å²) in [4.78, 5) is 33.9. The van der Waals surface area contributed by atoms with Gasteiger partial charge in [0.05, 0.1) is 17.2 Å². The van der Waals surface area contributed by atoms with Crippen molar-refractivity contribution < 1.29 is 9.18 Å². The number of halogens is 1. The SMILES string of the molecule is CCNc1ccc2ncn(CCN3CCN(C(=O)c4ccc(F)cc4)CC3)c(=O)c2c1. The Balaban J connectivity index is 1.35. The first-order valence-electron chi connectivity index (χ1n) is 10.6. The summed E-state index contributed by atoms with van der Waals surface area (Å²) in [5.41, 5.74) is 2.06. The average Bonchev–Trinajstić information content (AvgIpc) is 2.80. The van der Waals surface area contributed by atoms with Crippen LogP contribution >= 0.6 is 0 Å². The van der Waals surface area contributed by atoms with Gasteiger partial charge in [-0.15, -0.1) is 0 Å². The molecule has 2 aromatic carbocycles. The fourth-order valence-corrected chi connectivity index (χ4v) is 3.83. The monoisotopic (exact) mass is 423 g/mol. The number of anilines is 1. The zero-order chi connectivity index (χ0) is 21.8. The minimum atomic E-state index is -0.349. The van der Waals surface area contributed by atoms with E-state index in [1.807, 2.05) is 25.1 Å². The van der Waals surface area contributed by atoms with E-state index < -0.39 is 0 Å². The number of carbonyl (C=O) groups excluding carboxylic acids is 1. The molecule has 162 valence electrons. The van der Waals surface area contributed by atoms with Gasteiger partial charge in [0.1, 0.15) is 5.82 Å². The number of carbonyl (C=O) groups is 1. The lowest BCUT2D eigenvalue weighted by atomic mass is 10.2. The maximum atomic E-state index is 13.1. The summed E-state index contributed by atoms with van der Waals surface area (Å²) in [5.74, 6) is -0.427. The molecule has 1 aliphatic rings. The van der Waals surface area contributed by atoms with Crippen LogP contribution < -0.4 is 10.9 Å². The Hall–Kier alpha value is -3.26. The highest BCUT2D eigenvalue weighted by Crippen LogP contribution is 2.14. The third-order valence-electron chi connectivity index (χ3n) is 5.61. The molecule has 0 unspecified atom stereocenters. The summed E-state index contributed by atoms with van der Waals surface area (Å²) in [6.45, 7) is 6.72. The van der Waals surface area contributed by atoms with Gasteiger partial charge in [-0.25, -0.2) is 9.37 Å². The number of hydrogen-bond donors (Lipinski definition) is 1. The molecule has 3 aromatic rings. The van der Waals surface area contributed by atoms with Gasteiger partial charge < -0.3 is 10.2 Å². The van der Waals surface area contributed by atoms with E-state index in [1.165, 1.54) is 24.3 Å². The molecule has 1 fully saturated rings. The van der Waals surface area contributed by atoms with Gasteiger partial charge in [-0.1, -0.05) is 0 Å². The molecule has 4 rings (SSSR count). The molecule has 7 nitrogen and oxygen atoms in total. The van der Waals surface area contributed by atoms with Crippen LogP contribution in [0.25, 0.3) is 10.9 Å². The van der Waals surface area contributed by atoms with E-state index in [2.05, 4.69) is 15.2 Å². The van der Waals surface area contributed by atoms with E-state index >= 15 is 0 Å². The largest absolute Gasteiger partial charge is 0.385 e. The Morgan fingerprint density at radius 1 is 1.06 bits per heavy atom. The fourth-order valence-electron chi connectivity index (χ4n) is 3.83. The van der Waals surface area contributed by atoms with Gasteiger partial charge >= 0.3 is 0 Å². The Labute approximate surface area is 180 Å². The molecule has 8 heteroatoms. The summed E-state index contributed by atoms with van der Waals surface area (Å²) in [5, 5.41) is 3.83. The first kappa shape index (κ1) is 21.0. The lowest BCUT2D eigenvalue weighted by Crippen LogP contribution is -2.49. The highest BCUT2D eigenvalue weighted by molar-refractivity contribution is 5.94. The number of aromatic nitrogens is 2. The van der Waals surface area contributed by atoms with Crippen molar-refractivity contribution in [3.8, 4) is 0 Å². The minimum Gasteiger partial charge on any atom is -0.385 e. The lowest BCUT2D eigenvalue weighted by Gasteiger charge is -2.34. The normalized spacial score (nSPS) is 14.7. The molecule has 0 bridgehead atoms. The molecular weight excluding hydrogens is 397 g/mol. The van der Waals surface area contributed by atoms with Crippen molar-refractivity contribution in [1.29, 1.82) is 0 Å². The zero-order valence-electron chi connectivity index (χ0n) is 17.6. The Morgan fingerprint density at radius 2 is 1.81 bits per heavy atom. The number of nitrogens with one attached hydrogen (secondary N) is 1. The second-order valence-electron chi connectivity index (χ2n) is 7.65. The van der Waals surface area contributed by atoms with E-state index in [1.54, 1.807) is 15.8 Å². The number of nitrogens with zero attached hydrogens (tertiary/aromatic N) is 4. The highest BCUT2D eigenvalue weighted by Gasteiger charge is 2.22. The van der Waals surface area contributed by atoms with Crippen LogP contribution in [0.2, 0.25) is 0 Å². The van der Waals surface area contributed by atoms with Crippen LogP contribution in [-0.4, -0.2) is 64.5 Å².